The molecule has 0 aromatic carbocycles. The van der Waals surface area contributed by atoms with Crippen molar-refractivity contribution >= 4 is 28.8 Å². The Balaban J connectivity index is 2.26. The highest BCUT2D eigenvalue weighted by molar-refractivity contribution is 7.07. The summed E-state index contributed by atoms with van der Waals surface area (Å²) in [5, 5.41) is 5.79. The largest absolute Gasteiger partial charge is 0.364 e. The summed E-state index contributed by atoms with van der Waals surface area (Å²) < 4.78 is 0. The van der Waals surface area contributed by atoms with E-state index in [9.17, 15) is 0 Å². The molecular weight excluding hydrogens is 280 g/mol. The van der Waals surface area contributed by atoms with Crippen LogP contribution in [0.2, 0.25) is 5.15 Å². The number of aromatic nitrogens is 3. The predicted octanol–water partition coefficient (Wildman–Crippen LogP) is 3.80. The Labute approximate surface area is 122 Å². The standard InChI is InChI=1S/C13H17ClN4S/c1-8-10(14)17-12(13(2,3)4)18-11(8)15-5-9-6-19-7-16-9/h6-7H,5H2,1-4H3,(H,15,17,18). The summed E-state index contributed by atoms with van der Waals surface area (Å²) in [5.41, 5.74) is 3.55. The van der Waals surface area contributed by atoms with Gasteiger partial charge < -0.3 is 5.32 Å². The fraction of sp³-hybridized carbons (Fsp3) is 0.462. The van der Waals surface area contributed by atoms with Crippen LogP contribution in [0.3, 0.4) is 0 Å². The first-order valence-corrected chi connectivity index (χ1v) is 7.35. The number of hydrogen-bond acceptors (Lipinski definition) is 5. The van der Waals surface area contributed by atoms with Crippen molar-refractivity contribution in [2.24, 2.45) is 0 Å². The molecule has 0 saturated carbocycles. The predicted molar refractivity (Wildman–Crippen MR) is 79.9 cm³/mol. The van der Waals surface area contributed by atoms with E-state index >= 15 is 0 Å². The van der Waals surface area contributed by atoms with E-state index < -0.39 is 0 Å². The molecule has 0 aliphatic carbocycles. The summed E-state index contributed by atoms with van der Waals surface area (Å²) >= 11 is 7.76. The lowest BCUT2D eigenvalue weighted by atomic mass is 9.95. The highest BCUT2D eigenvalue weighted by Crippen LogP contribution is 2.26. The van der Waals surface area contributed by atoms with Crippen molar-refractivity contribution < 1.29 is 0 Å². The Hall–Kier alpha value is -1.20. The molecule has 2 aromatic rings. The minimum absolute atomic E-state index is 0.131. The molecule has 6 heteroatoms. The quantitative estimate of drug-likeness (QED) is 0.875. The Kier molecular flexibility index (Phi) is 4.06. The van der Waals surface area contributed by atoms with Gasteiger partial charge in [-0.2, -0.15) is 0 Å². The van der Waals surface area contributed by atoms with Crippen LogP contribution in [-0.4, -0.2) is 15.0 Å². The molecule has 1 N–H and O–H groups in total. The molecule has 2 aromatic heterocycles. The van der Waals surface area contributed by atoms with Gasteiger partial charge >= 0.3 is 0 Å². The van der Waals surface area contributed by atoms with Crippen molar-refractivity contribution in [3.63, 3.8) is 0 Å². The van der Waals surface area contributed by atoms with Gasteiger partial charge in [0.1, 0.15) is 16.8 Å². The van der Waals surface area contributed by atoms with Gasteiger partial charge in [-0.15, -0.1) is 11.3 Å². The molecule has 2 heterocycles. The number of halogens is 1. The van der Waals surface area contributed by atoms with Crippen molar-refractivity contribution in [3.8, 4) is 0 Å². The third-order valence-corrected chi connectivity index (χ3v) is 3.68. The minimum Gasteiger partial charge on any atom is -0.364 e. The van der Waals surface area contributed by atoms with Crippen molar-refractivity contribution in [2.75, 3.05) is 5.32 Å². The van der Waals surface area contributed by atoms with E-state index in [2.05, 4.69) is 41.0 Å². The van der Waals surface area contributed by atoms with Crippen LogP contribution in [-0.2, 0) is 12.0 Å². The third kappa shape index (κ3) is 3.42. The zero-order valence-corrected chi connectivity index (χ0v) is 13.1. The van der Waals surface area contributed by atoms with E-state index in [1.807, 2.05) is 17.8 Å². The van der Waals surface area contributed by atoms with Crippen LogP contribution in [0.1, 0.15) is 37.9 Å². The Bertz CT molecular complexity index is 561. The van der Waals surface area contributed by atoms with Crippen LogP contribution in [0.5, 0.6) is 0 Å². The second-order valence-corrected chi connectivity index (χ2v) is 6.47. The Morgan fingerprint density at radius 1 is 1.32 bits per heavy atom. The van der Waals surface area contributed by atoms with Gasteiger partial charge in [0.25, 0.3) is 0 Å². The van der Waals surface area contributed by atoms with E-state index in [0.717, 1.165) is 22.9 Å². The van der Waals surface area contributed by atoms with Gasteiger partial charge in [0.05, 0.1) is 17.7 Å². The number of nitrogens with one attached hydrogen (secondary N) is 1. The second-order valence-electron chi connectivity index (χ2n) is 5.39. The Morgan fingerprint density at radius 2 is 2.05 bits per heavy atom. The monoisotopic (exact) mass is 296 g/mol. The summed E-state index contributed by atoms with van der Waals surface area (Å²) in [7, 11) is 0. The summed E-state index contributed by atoms with van der Waals surface area (Å²) in [5.74, 6) is 1.52. The molecule has 19 heavy (non-hydrogen) atoms. The highest BCUT2D eigenvalue weighted by atomic mass is 35.5. The molecule has 0 amide bonds. The molecule has 2 rings (SSSR count). The average Bonchev–Trinajstić information content (AvgIpc) is 2.82. The lowest BCUT2D eigenvalue weighted by Crippen LogP contribution is -2.18. The fourth-order valence-corrected chi connectivity index (χ4v) is 2.22. The molecule has 0 saturated heterocycles. The van der Waals surface area contributed by atoms with Gasteiger partial charge in [0, 0.05) is 16.4 Å². The zero-order chi connectivity index (χ0) is 14.0. The first-order chi connectivity index (χ1) is 8.88. The molecule has 0 radical (unpaired) electrons. The van der Waals surface area contributed by atoms with E-state index in [0.29, 0.717) is 11.7 Å². The molecule has 102 valence electrons. The van der Waals surface area contributed by atoms with Crippen molar-refractivity contribution in [1.82, 2.24) is 15.0 Å². The Morgan fingerprint density at radius 3 is 2.63 bits per heavy atom. The number of rotatable bonds is 3. The number of anilines is 1. The van der Waals surface area contributed by atoms with Gasteiger partial charge in [-0.3, -0.25) is 0 Å². The van der Waals surface area contributed by atoms with Crippen LogP contribution >= 0.6 is 22.9 Å². The van der Waals surface area contributed by atoms with E-state index in [4.69, 9.17) is 11.6 Å². The van der Waals surface area contributed by atoms with Gasteiger partial charge in [0.2, 0.25) is 0 Å². The molecule has 0 aliphatic rings. The van der Waals surface area contributed by atoms with Crippen LogP contribution in [0.15, 0.2) is 10.9 Å². The van der Waals surface area contributed by atoms with Crippen molar-refractivity contribution in [2.45, 2.75) is 39.7 Å². The molecule has 0 aliphatic heterocycles. The molecular formula is C13H17ClN4S. The van der Waals surface area contributed by atoms with Gasteiger partial charge in [-0.05, 0) is 6.92 Å². The van der Waals surface area contributed by atoms with E-state index in [1.54, 1.807) is 11.3 Å². The van der Waals surface area contributed by atoms with E-state index in [-0.39, 0.29) is 5.41 Å². The third-order valence-electron chi connectivity index (χ3n) is 2.68. The topological polar surface area (TPSA) is 50.7 Å². The smallest absolute Gasteiger partial charge is 0.137 e. The lowest BCUT2D eigenvalue weighted by Gasteiger charge is -2.19. The molecule has 0 fully saturated rings. The first kappa shape index (κ1) is 14.2. The number of hydrogen-bond donors (Lipinski definition) is 1. The van der Waals surface area contributed by atoms with Crippen LogP contribution < -0.4 is 5.32 Å². The van der Waals surface area contributed by atoms with Crippen LogP contribution in [0.25, 0.3) is 0 Å². The zero-order valence-electron chi connectivity index (χ0n) is 11.5. The SMILES string of the molecule is Cc1c(Cl)nc(C(C)(C)C)nc1NCc1cscn1. The average molecular weight is 297 g/mol. The molecule has 0 unspecified atom stereocenters. The molecule has 0 spiro atoms. The maximum absolute atomic E-state index is 6.18. The van der Waals surface area contributed by atoms with Gasteiger partial charge in [-0.1, -0.05) is 32.4 Å². The molecule has 4 nitrogen and oxygen atoms in total. The van der Waals surface area contributed by atoms with Crippen LogP contribution in [0, 0.1) is 6.92 Å². The van der Waals surface area contributed by atoms with Crippen LogP contribution in [0.4, 0.5) is 5.82 Å². The van der Waals surface area contributed by atoms with Crippen molar-refractivity contribution in [3.05, 3.63) is 33.1 Å². The molecule has 0 atom stereocenters. The summed E-state index contributed by atoms with van der Waals surface area (Å²) in [4.78, 5) is 13.2. The van der Waals surface area contributed by atoms with E-state index in [1.165, 1.54) is 0 Å². The molecule has 0 bridgehead atoms. The lowest BCUT2D eigenvalue weighted by molar-refractivity contribution is 0.545. The first-order valence-electron chi connectivity index (χ1n) is 6.03. The van der Waals surface area contributed by atoms with Gasteiger partial charge in [-0.25, -0.2) is 15.0 Å². The van der Waals surface area contributed by atoms with Crippen molar-refractivity contribution in [1.29, 1.82) is 0 Å². The second kappa shape index (κ2) is 5.43. The summed E-state index contributed by atoms with van der Waals surface area (Å²) in [6, 6.07) is 0. The maximum Gasteiger partial charge on any atom is 0.137 e. The number of thiazole rings is 1. The number of nitrogens with zero attached hydrogens (tertiary/aromatic N) is 3. The highest BCUT2D eigenvalue weighted by Gasteiger charge is 2.20. The van der Waals surface area contributed by atoms with Gasteiger partial charge in [0.15, 0.2) is 0 Å². The summed E-state index contributed by atoms with van der Waals surface area (Å²) in [6.07, 6.45) is 0. The minimum atomic E-state index is -0.131. The summed E-state index contributed by atoms with van der Waals surface area (Å²) in [6.45, 7) is 8.76. The normalized spacial score (nSPS) is 11.6. The maximum atomic E-state index is 6.18. The fourth-order valence-electron chi connectivity index (χ4n) is 1.50.